The molecule has 1 saturated heterocycles. The smallest absolute Gasteiger partial charge is 0.411 e. The molecule has 2 atom stereocenters. The van der Waals surface area contributed by atoms with Crippen LogP contribution in [0, 0.1) is 0 Å². The van der Waals surface area contributed by atoms with Crippen molar-refractivity contribution >= 4 is 12.4 Å². The van der Waals surface area contributed by atoms with Crippen LogP contribution in [0.15, 0.2) is 12.7 Å². The quantitative estimate of drug-likeness (QED) is 0.561. The van der Waals surface area contributed by atoms with Gasteiger partial charge < -0.3 is 9.53 Å². The van der Waals surface area contributed by atoms with E-state index in [4.69, 9.17) is 4.74 Å². The van der Waals surface area contributed by atoms with Gasteiger partial charge in [-0.3, -0.25) is 4.90 Å². The molecule has 0 saturated carbocycles. The third-order valence-corrected chi connectivity index (χ3v) is 2.75. The molecule has 1 aliphatic heterocycles. The highest BCUT2D eigenvalue weighted by molar-refractivity contribution is 5.75. The van der Waals surface area contributed by atoms with Crippen molar-refractivity contribution < 1.29 is 14.3 Å². The first kappa shape index (κ1) is 13.7. The molecule has 1 amide bonds. The second-order valence-electron chi connectivity index (χ2n) is 5.35. The molecule has 4 heteroatoms. The van der Waals surface area contributed by atoms with Crippen LogP contribution in [0.5, 0.6) is 0 Å². The van der Waals surface area contributed by atoms with Gasteiger partial charge in [0, 0.05) is 6.04 Å². The Bertz CT molecular complexity index is 306. The summed E-state index contributed by atoms with van der Waals surface area (Å²) in [4.78, 5) is 24.5. The summed E-state index contributed by atoms with van der Waals surface area (Å²) in [5, 5.41) is 0. The fourth-order valence-electron chi connectivity index (χ4n) is 2.07. The minimum absolute atomic E-state index is 0.0394. The summed E-state index contributed by atoms with van der Waals surface area (Å²) in [5.41, 5.74) is -0.536. The Balaban J connectivity index is 2.77. The number of likely N-dealkylation sites (tertiary alicyclic amines) is 1. The van der Waals surface area contributed by atoms with Gasteiger partial charge in [0.1, 0.15) is 11.9 Å². The lowest BCUT2D eigenvalue weighted by molar-refractivity contribution is -0.112. The van der Waals surface area contributed by atoms with E-state index in [0.29, 0.717) is 12.8 Å². The van der Waals surface area contributed by atoms with Crippen LogP contribution in [-0.4, -0.2) is 35.0 Å². The maximum atomic E-state index is 12.0. The lowest BCUT2D eigenvalue weighted by atomic mass is 10.1. The topological polar surface area (TPSA) is 46.6 Å². The highest BCUT2D eigenvalue weighted by Gasteiger charge is 2.38. The summed E-state index contributed by atoms with van der Waals surface area (Å²) < 4.78 is 5.32. The summed E-state index contributed by atoms with van der Waals surface area (Å²) >= 11 is 0. The van der Waals surface area contributed by atoms with Gasteiger partial charge in [-0.1, -0.05) is 6.08 Å². The predicted molar refractivity (Wildman–Crippen MR) is 65.8 cm³/mol. The molecule has 0 spiro atoms. The van der Waals surface area contributed by atoms with E-state index in [1.54, 1.807) is 11.0 Å². The predicted octanol–water partition coefficient (Wildman–Crippen LogP) is 2.53. The molecule has 96 valence electrons. The van der Waals surface area contributed by atoms with Crippen LogP contribution in [-0.2, 0) is 9.53 Å². The van der Waals surface area contributed by atoms with E-state index in [0.717, 1.165) is 12.7 Å². The molecule has 1 aliphatic rings. The van der Waals surface area contributed by atoms with Crippen LogP contribution in [0.25, 0.3) is 0 Å². The van der Waals surface area contributed by atoms with E-state index in [1.807, 2.05) is 20.8 Å². The van der Waals surface area contributed by atoms with E-state index in [9.17, 15) is 9.59 Å². The van der Waals surface area contributed by atoms with Crippen molar-refractivity contribution in [3.8, 4) is 0 Å². The molecule has 0 N–H and O–H groups in total. The van der Waals surface area contributed by atoms with E-state index < -0.39 is 11.7 Å². The molecule has 0 aromatic carbocycles. The Kier molecular flexibility index (Phi) is 4.32. The Morgan fingerprint density at radius 1 is 1.47 bits per heavy atom. The van der Waals surface area contributed by atoms with Crippen molar-refractivity contribution in [3.05, 3.63) is 12.7 Å². The lowest BCUT2D eigenvalue weighted by Gasteiger charge is -2.30. The van der Waals surface area contributed by atoms with Gasteiger partial charge in [0.2, 0.25) is 0 Å². The molecule has 0 aliphatic carbocycles. The van der Waals surface area contributed by atoms with E-state index in [-0.39, 0.29) is 12.1 Å². The van der Waals surface area contributed by atoms with Crippen molar-refractivity contribution in [2.75, 3.05) is 0 Å². The number of hydrogen-bond acceptors (Lipinski definition) is 3. The molecular weight excluding hydrogens is 218 g/mol. The lowest BCUT2D eigenvalue weighted by Crippen LogP contribution is -2.44. The summed E-state index contributed by atoms with van der Waals surface area (Å²) in [5.74, 6) is 0. The van der Waals surface area contributed by atoms with Crippen molar-refractivity contribution in [2.45, 2.75) is 57.7 Å². The zero-order chi connectivity index (χ0) is 13.1. The van der Waals surface area contributed by atoms with Crippen molar-refractivity contribution in [1.82, 2.24) is 4.90 Å². The first-order valence-corrected chi connectivity index (χ1v) is 5.96. The molecule has 1 fully saturated rings. The van der Waals surface area contributed by atoms with Gasteiger partial charge >= 0.3 is 6.09 Å². The fourth-order valence-corrected chi connectivity index (χ4v) is 2.07. The van der Waals surface area contributed by atoms with Crippen LogP contribution < -0.4 is 0 Å². The van der Waals surface area contributed by atoms with Crippen LogP contribution in [0.4, 0.5) is 4.79 Å². The van der Waals surface area contributed by atoms with Gasteiger partial charge in [-0.25, -0.2) is 4.79 Å². The maximum Gasteiger partial charge on any atom is 0.411 e. The van der Waals surface area contributed by atoms with Crippen molar-refractivity contribution in [2.24, 2.45) is 0 Å². The molecule has 0 radical (unpaired) electrons. The Hall–Kier alpha value is -1.32. The molecule has 17 heavy (non-hydrogen) atoms. The van der Waals surface area contributed by atoms with Gasteiger partial charge in [0.05, 0.1) is 6.04 Å². The number of aldehydes is 1. The van der Waals surface area contributed by atoms with Crippen molar-refractivity contribution in [1.29, 1.82) is 0 Å². The second-order valence-corrected chi connectivity index (χ2v) is 5.35. The first-order chi connectivity index (χ1) is 7.89. The molecule has 1 unspecified atom stereocenters. The Morgan fingerprint density at radius 3 is 2.59 bits per heavy atom. The maximum absolute atomic E-state index is 12.0. The van der Waals surface area contributed by atoms with Gasteiger partial charge in [-0.2, -0.15) is 0 Å². The average molecular weight is 239 g/mol. The number of amides is 1. The molecule has 0 aromatic rings. The van der Waals surface area contributed by atoms with Gasteiger partial charge in [0.15, 0.2) is 0 Å². The second kappa shape index (κ2) is 5.34. The monoisotopic (exact) mass is 239 g/mol. The number of ether oxygens (including phenoxy) is 1. The number of hydrogen-bond donors (Lipinski definition) is 0. The minimum Gasteiger partial charge on any atom is -0.444 e. The highest BCUT2D eigenvalue weighted by Crippen LogP contribution is 2.27. The zero-order valence-electron chi connectivity index (χ0n) is 10.8. The third-order valence-electron chi connectivity index (χ3n) is 2.75. The van der Waals surface area contributed by atoms with E-state index in [2.05, 4.69) is 6.58 Å². The summed E-state index contributed by atoms with van der Waals surface area (Å²) in [6.45, 7) is 9.13. The van der Waals surface area contributed by atoms with Gasteiger partial charge in [0.25, 0.3) is 0 Å². The first-order valence-electron chi connectivity index (χ1n) is 5.96. The zero-order valence-corrected chi connectivity index (χ0v) is 10.8. The summed E-state index contributed by atoms with van der Waals surface area (Å²) in [7, 11) is 0. The number of carbonyl (C=O) groups is 2. The fraction of sp³-hybridized carbons (Fsp3) is 0.692. The Morgan fingerprint density at radius 2 is 2.12 bits per heavy atom. The van der Waals surface area contributed by atoms with E-state index >= 15 is 0 Å². The molecule has 1 rings (SSSR count). The molecule has 1 heterocycles. The standard InChI is InChI=1S/C13H21NO3/c1-5-6-10-7-8-11(9-15)14(10)12(16)17-13(2,3)4/h5,9-11H,1,6-8H2,2-4H3/t10?,11-/m0/s1. The average Bonchev–Trinajstić information content (AvgIpc) is 2.58. The summed E-state index contributed by atoms with van der Waals surface area (Å²) in [6, 6.07) is -0.313. The van der Waals surface area contributed by atoms with Crippen LogP contribution in [0.2, 0.25) is 0 Å². The van der Waals surface area contributed by atoms with Gasteiger partial charge in [-0.05, 0) is 40.0 Å². The normalized spacial score (nSPS) is 24.5. The van der Waals surface area contributed by atoms with Crippen LogP contribution >= 0.6 is 0 Å². The largest absolute Gasteiger partial charge is 0.444 e. The molecule has 0 aromatic heterocycles. The minimum atomic E-state index is -0.536. The Labute approximate surface area is 103 Å². The molecular formula is C13H21NO3. The SMILES string of the molecule is C=CCC1CC[C@@H](C=O)N1C(=O)OC(C)(C)C. The summed E-state index contributed by atoms with van der Waals surface area (Å²) in [6.07, 6.45) is 4.43. The molecule has 4 nitrogen and oxygen atoms in total. The number of carbonyl (C=O) groups excluding carboxylic acids is 2. The number of rotatable bonds is 3. The highest BCUT2D eigenvalue weighted by atomic mass is 16.6. The molecule has 0 bridgehead atoms. The van der Waals surface area contributed by atoms with E-state index in [1.165, 1.54) is 0 Å². The third kappa shape index (κ3) is 3.58. The van der Waals surface area contributed by atoms with Gasteiger partial charge in [-0.15, -0.1) is 6.58 Å². The van der Waals surface area contributed by atoms with Crippen LogP contribution in [0.1, 0.15) is 40.0 Å². The van der Waals surface area contributed by atoms with Crippen molar-refractivity contribution in [3.63, 3.8) is 0 Å². The number of nitrogens with zero attached hydrogens (tertiary/aromatic N) is 1. The van der Waals surface area contributed by atoms with Crippen LogP contribution in [0.3, 0.4) is 0 Å².